The Labute approximate surface area is 116 Å². The molecule has 1 aromatic rings. The summed E-state index contributed by atoms with van der Waals surface area (Å²) in [5.74, 6) is -1.18. The zero-order valence-electron chi connectivity index (χ0n) is 11.4. The number of carboxylic acids is 1. The number of hydrogen-bond donors (Lipinski definition) is 2. The number of rotatable bonds is 7. The molecule has 7 nitrogen and oxygen atoms in total. The van der Waals surface area contributed by atoms with Gasteiger partial charge in [0.05, 0.1) is 12.1 Å². The predicted octanol–water partition coefficient (Wildman–Crippen LogP) is 2.34. The maximum Gasteiger partial charge on any atom is 0.305 e. The number of anilines is 2. The average Bonchev–Trinajstić information content (AvgIpc) is 2.38. The Balaban J connectivity index is 3.01. The molecule has 1 rings (SSSR count). The third-order valence-electron chi connectivity index (χ3n) is 2.73. The molecule has 0 aliphatic rings. The predicted molar refractivity (Wildman–Crippen MR) is 76.3 cm³/mol. The highest BCUT2D eigenvalue weighted by Gasteiger charge is 2.11. The second-order valence-electron chi connectivity index (χ2n) is 4.20. The van der Waals surface area contributed by atoms with Gasteiger partial charge in [-0.05, 0) is 30.3 Å². The minimum atomic E-state index is -0.878. The number of hydrogen-bond acceptors (Lipinski definition) is 5. The quantitative estimate of drug-likeness (QED) is 0.746. The van der Waals surface area contributed by atoms with Gasteiger partial charge in [-0.3, -0.25) is 9.59 Å². The van der Waals surface area contributed by atoms with Crippen LogP contribution in [0.3, 0.4) is 0 Å². The third kappa shape index (κ3) is 4.34. The summed E-state index contributed by atoms with van der Waals surface area (Å²) in [4.78, 5) is 34.2. The number of carbonyl (C=O) groups is 2. The smallest absolute Gasteiger partial charge is 0.305 e. The van der Waals surface area contributed by atoms with Crippen molar-refractivity contribution in [2.24, 2.45) is 5.18 Å². The van der Waals surface area contributed by atoms with Crippen molar-refractivity contribution in [2.75, 3.05) is 23.3 Å². The van der Waals surface area contributed by atoms with Gasteiger partial charge in [0.1, 0.15) is 5.69 Å². The molecule has 108 valence electrons. The van der Waals surface area contributed by atoms with Gasteiger partial charge in [0.25, 0.3) is 0 Å². The van der Waals surface area contributed by atoms with Crippen LogP contribution in [0, 0.1) is 4.91 Å². The number of nitroso groups, excluding NO2 is 1. The van der Waals surface area contributed by atoms with Gasteiger partial charge in [-0.25, -0.2) is 0 Å². The van der Waals surface area contributed by atoms with E-state index in [2.05, 4.69) is 10.5 Å². The lowest BCUT2D eigenvalue weighted by molar-refractivity contribution is -0.136. The van der Waals surface area contributed by atoms with E-state index in [9.17, 15) is 14.5 Å². The molecule has 0 unspecified atom stereocenters. The number of carboxylic acid groups (broad SMARTS) is 1. The standard InChI is InChI=1S/C13H17N3O4/c1-3-16(7-6-13(18)19)10-4-5-11(15-20)12(8-10)14-9(2)17/h4-5,8H,3,6-7H2,1-2H3,(H,14,17)(H,18,19). The Kier molecular flexibility index (Phi) is 5.64. The van der Waals surface area contributed by atoms with Gasteiger partial charge in [0.15, 0.2) is 0 Å². The number of nitrogens with one attached hydrogen (secondary N) is 1. The molecule has 20 heavy (non-hydrogen) atoms. The molecule has 1 aromatic carbocycles. The molecule has 0 atom stereocenters. The summed E-state index contributed by atoms with van der Waals surface area (Å²) in [6.45, 7) is 4.19. The number of amides is 1. The van der Waals surface area contributed by atoms with Crippen molar-refractivity contribution in [1.29, 1.82) is 0 Å². The van der Waals surface area contributed by atoms with Crippen LogP contribution in [-0.2, 0) is 9.59 Å². The molecule has 0 spiro atoms. The minimum Gasteiger partial charge on any atom is -0.481 e. The molecule has 0 aromatic heterocycles. The summed E-state index contributed by atoms with van der Waals surface area (Å²) in [7, 11) is 0. The SMILES string of the molecule is CCN(CCC(=O)O)c1ccc(N=O)c(NC(C)=O)c1. The van der Waals surface area contributed by atoms with E-state index in [0.29, 0.717) is 18.8 Å². The molecule has 0 saturated carbocycles. The first-order valence-corrected chi connectivity index (χ1v) is 6.19. The lowest BCUT2D eigenvalue weighted by Crippen LogP contribution is -2.25. The van der Waals surface area contributed by atoms with E-state index < -0.39 is 5.97 Å². The minimum absolute atomic E-state index is 0.0109. The Morgan fingerprint density at radius 2 is 2.10 bits per heavy atom. The summed E-state index contributed by atoms with van der Waals surface area (Å²) in [6.07, 6.45) is 0.0109. The van der Waals surface area contributed by atoms with Crippen LogP contribution in [-0.4, -0.2) is 30.1 Å². The zero-order valence-corrected chi connectivity index (χ0v) is 11.4. The molecule has 0 heterocycles. The first-order chi connectivity index (χ1) is 9.47. The van der Waals surface area contributed by atoms with Crippen molar-refractivity contribution in [1.82, 2.24) is 0 Å². The normalized spacial score (nSPS) is 9.90. The Morgan fingerprint density at radius 3 is 2.60 bits per heavy atom. The molecule has 0 aliphatic heterocycles. The van der Waals surface area contributed by atoms with Crippen LogP contribution in [0.15, 0.2) is 23.4 Å². The molecule has 0 bridgehead atoms. The molecule has 1 amide bonds. The van der Waals surface area contributed by atoms with E-state index in [-0.39, 0.29) is 18.0 Å². The van der Waals surface area contributed by atoms with Gasteiger partial charge in [-0.15, -0.1) is 4.91 Å². The summed E-state index contributed by atoms with van der Waals surface area (Å²) in [6, 6.07) is 4.79. The maximum atomic E-state index is 11.1. The fourth-order valence-corrected chi connectivity index (χ4v) is 1.79. The first-order valence-electron chi connectivity index (χ1n) is 6.19. The van der Waals surface area contributed by atoms with Crippen molar-refractivity contribution in [3.05, 3.63) is 23.1 Å². The zero-order chi connectivity index (χ0) is 15.1. The first kappa shape index (κ1) is 15.6. The van der Waals surface area contributed by atoms with Crippen molar-refractivity contribution >= 4 is 28.9 Å². The average molecular weight is 279 g/mol. The lowest BCUT2D eigenvalue weighted by Gasteiger charge is -2.23. The maximum absolute atomic E-state index is 11.1. The van der Waals surface area contributed by atoms with Gasteiger partial charge in [-0.1, -0.05) is 0 Å². The highest BCUT2D eigenvalue weighted by molar-refractivity contribution is 5.93. The second-order valence-corrected chi connectivity index (χ2v) is 4.20. The highest BCUT2D eigenvalue weighted by atomic mass is 16.4. The molecular weight excluding hydrogens is 262 g/mol. The van der Waals surface area contributed by atoms with Gasteiger partial charge >= 0.3 is 5.97 Å². The summed E-state index contributed by atoms with van der Waals surface area (Å²) >= 11 is 0. The second kappa shape index (κ2) is 7.22. The Bertz CT molecular complexity index is 516. The van der Waals surface area contributed by atoms with E-state index in [1.807, 2.05) is 11.8 Å². The molecule has 2 N–H and O–H groups in total. The number of carbonyl (C=O) groups excluding carboxylic acids is 1. The molecule has 0 radical (unpaired) electrons. The topological polar surface area (TPSA) is 99.1 Å². The van der Waals surface area contributed by atoms with E-state index in [1.54, 1.807) is 12.1 Å². The molecule has 7 heteroatoms. The molecule has 0 saturated heterocycles. The van der Waals surface area contributed by atoms with Crippen LogP contribution < -0.4 is 10.2 Å². The Morgan fingerprint density at radius 1 is 1.40 bits per heavy atom. The van der Waals surface area contributed by atoms with E-state index in [4.69, 9.17) is 5.11 Å². The van der Waals surface area contributed by atoms with Crippen molar-refractivity contribution in [3.8, 4) is 0 Å². The van der Waals surface area contributed by atoms with Gasteiger partial charge in [0.2, 0.25) is 5.91 Å². The van der Waals surface area contributed by atoms with Crippen LogP contribution in [0.25, 0.3) is 0 Å². The van der Waals surface area contributed by atoms with Gasteiger partial charge in [0, 0.05) is 25.7 Å². The van der Waals surface area contributed by atoms with Crippen molar-refractivity contribution in [3.63, 3.8) is 0 Å². The number of nitrogens with zero attached hydrogens (tertiary/aromatic N) is 2. The molecule has 0 fully saturated rings. The van der Waals surface area contributed by atoms with Gasteiger partial charge < -0.3 is 15.3 Å². The van der Waals surface area contributed by atoms with E-state index in [1.165, 1.54) is 13.0 Å². The van der Waals surface area contributed by atoms with Crippen LogP contribution in [0.2, 0.25) is 0 Å². The fraction of sp³-hybridized carbons (Fsp3) is 0.385. The molecular formula is C13H17N3O4. The highest BCUT2D eigenvalue weighted by Crippen LogP contribution is 2.30. The number of benzene rings is 1. The van der Waals surface area contributed by atoms with Crippen LogP contribution in [0.4, 0.5) is 17.1 Å². The van der Waals surface area contributed by atoms with Crippen LogP contribution >= 0.6 is 0 Å². The Hall–Kier alpha value is -2.44. The lowest BCUT2D eigenvalue weighted by atomic mass is 10.2. The van der Waals surface area contributed by atoms with E-state index in [0.717, 1.165) is 5.69 Å². The summed E-state index contributed by atoms with van der Waals surface area (Å²) in [5, 5.41) is 14.1. The third-order valence-corrected chi connectivity index (χ3v) is 2.73. The van der Waals surface area contributed by atoms with Crippen molar-refractivity contribution in [2.45, 2.75) is 20.3 Å². The van der Waals surface area contributed by atoms with Crippen LogP contribution in [0.1, 0.15) is 20.3 Å². The van der Waals surface area contributed by atoms with Crippen molar-refractivity contribution < 1.29 is 14.7 Å². The summed E-state index contributed by atoms with van der Waals surface area (Å²) < 4.78 is 0. The van der Waals surface area contributed by atoms with E-state index >= 15 is 0 Å². The largest absolute Gasteiger partial charge is 0.481 e. The van der Waals surface area contributed by atoms with Crippen LogP contribution in [0.5, 0.6) is 0 Å². The number of aliphatic carboxylic acids is 1. The fourth-order valence-electron chi connectivity index (χ4n) is 1.79. The monoisotopic (exact) mass is 279 g/mol. The van der Waals surface area contributed by atoms with Gasteiger partial charge in [-0.2, -0.15) is 0 Å². The summed E-state index contributed by atoms with van der Waals surface area (Å²) in [5.41, 5.74) is 1.18. The molecule has 0 aliphatic carbocycles.